The van der Waals surface area contributed by atoms with Crippen LogP contribution in [0.3, 0.4) is 0 Å². The molecule has 80 valence electrons. The molecule has 0 fully saturated rings. The van der Waals surface area contributed by atoms with Crippen LogP contribution in [0.25, 0.3) is 0 Å². The van der Waals surface area contributed by atoms with E-state index < -0.39 is 23.5 Å². The molecule has 0 aliphatic rings. The van der Waals surface area contributed by atoms with Gasteiger partial charge in [-0.05, 0) is 0 Å². The summed E-state index contributed by atoms with van der Waals surface area (Å²) < 4.78 is 34.7. The van der Waals surface area contributed by atoms with Crippen molar-refractivity contribution in [3.05, 3.63) is 0 Å². The minimum atomic E-state index is -5.97. The molecule has 0 aromatic carbocycles. The molecule has 0 aliphatic carbocycles. The maximum absolute atomic E-state index is 10.1. The van der Waals surface area contributed by atoms with Crippen LogP contribution in [0.1, 0.15) is 0 Å². The van der Waals surface area contributed by atoms with Crippen molar-refractivity contribution >= 4 is 23.5 Å². The zero-order chi connectivity index (χ0) is 10.9. The first-order valence-electron chi connectivity index (χ1n) is 2.19. The van der Waals surface area contributed by atoms with E-state index in [1.54, 1.807) is 0 Å². The molecular formula is O10P3Rb5. The van der Waals surface area contributed by atoms with Crippen LogP contribution in [0.5, 0.6) is 0 Å². The molecule has 0 atom stereocenters. The van der Waals surface area contributed by atoms with Gasteiger partial charge in [-0.2, -0.15) is 0 Å². The molecule has 0 aromatic rings. The summed E-state index contributed by atoms with van der Waals surface area (Å²) in [5, 5.41) is 0. The van der Waals surface area contributed by atoms with Gasteiger partial charge < -0.3 is 33.6 Å². The van der Waals surface area contributed by atoms with Crippen molar-refractivity contribution in [2.24, 2.45) is 0 Å². The Balaban J connectivity index is -0.0000000720. The van der Waals surface area contributed by atoms with Crippen molar-refractivity contribution < 1.29 is 338 Å². The Morgan fingerprint density at radius 3 is 0.833 bits per heavy atom. The molecule has 0 unspecified atom stereocenters. The van der Waals surface area contributed by atoms with Gasteiger partial charge >= 0.3 is 291 Å². The molecule has 10 nitrogen and oxygen atoms in total. The minimum absolute atomic E-state index is 0. The third-order valence-corrected chi connectivity index (χ3v) is 3.60. The Bertz CT molecular complexity index is 287. The third kappa shape index (κ3) is 33.1. The average Bonchev–Trinajstić information content (AvgIpc) is 1.43. The summed E-state index contributed by atoms with van der Waals surface area (Å²) in [7, 11) is -17.9. The van der Waals surface area contributed by atoms with Gasteiger partial charge in [0.1, 0.15) is 0 Å². The van der Waals surface area contributed by atoms with Crippen LogP contribution < -0.4 is 315 Å². The SMILES string of the molecule is O=P([O-])([O-])OP(=O)([O-])OP(=O)([O-])[O-].[Rb+].[Rb+].[Rb+].[Rb+].[Rb+]. The molecule has 0 saturated carbocycles. The quantitative estimate of drug-likeness (QED) is 0.259. The van der Waals surface area contributed by atoms with Gasteiger partial charge in [0.15, 0.2) is 0 Å². The molecule has 0 aliphatic heterocycles. The monoisotopic (exact) mass is 677 g/mol. The van der Waals surface area contributed by atoms with Gasteiger partial charge in [-0.3, -0.25) is 13.2 Å². The average molecular weight is 680 g/mol. The van der Waals surface area contributed by atoms with Gasteiger partial charge in [-0.25, -0.2) is 0 Å². The fourth-order valence-corrected chi connectivity index (χ4v) is 2.61. The van der Waals surface area contributed by atoms with E-state index in [0.29, 0.717) is 0 Å². The first-order chi connectivity index (χ1) is 5.41. The Kier molecular flexibility index (Phi) is 45.8. The van der Waals surface area contributed by atoms with Gasteiger partial charge in [0.2, 0.25) is 0 Å². The topological polar surface area (TPSA) is 185 Å². The van der Waals surface area contributed by atoms with E-state index in [9.17, 15) is 38.2 Å². The largest absolute Gasteiger partial charge is 1.00 e. The zero-order valence-corrected chi connectivity index (χ0v) is 37.7. The number of hydrogen-bond donors (Lipinski definition) is 0. The summed E-state index contributed by atoms with van der Waals surface area (Å²) >= 11 is 0. The summed E-state index contributed by atoms with van der Waals surface area (Å²) in [5.41, 5.74) is 0. The molecule has 0 spiro atoms. The molecule has 0 N–H and O–H groups in total. The van der Waals surface area contributed by atoms with Crippen LogP contribution in [-0.2, 0) is 22.3 Å². The number of hydrogen-bond acceptors (Lipinski definition) is 10. The van der Waals surface area contributed by atoms with Crippen molar-refractivity contribution in [3.8, 4) is 0 Å². The molecule has 0 amide bonds. The van der Waals surface area contributed by atoms with Crippen molar-refractivity contribution in [1.29, 1.82) is 0 Å². The number of phosphoric acid groups is 3. The van der Waals surface area contributed by atoms with Crippen molar-refractivity contribution in [2.75, 3.05) is 0 Å². The summed E-state index contributed by atoms with van der Waals surface area (Å²) in [6.07, 6.45) is 0. The normalized spacial score (nSPS) is 10.5. The smallest absolute Gasteiger partial charge is 0.790 e. The second kappa shape index (κ2) is 19.7. The molecular weight excluding hydrogens is 680 g/mol. The molecule has 0 saturated heterocycles. The van der Waals surface area contributed by atoms with Gasteiger partial charge in [-0.1, -0.05) is 0 Å². The molecule has 0 heterocycles. The minimum Gasteiger partial charge on any atom is -0.790 e. The second-order valence-corrected chi connectivity index (χ2v) is 5.49. The first kappa shape index (κ1) is 41.7. The summed E-state index contributed by atoms with van der Waals surface area (Å²) in [5.74, 6) is 0. The molecule has 18 heteroatoms. The Morgan fingerprint density at radius 2 is 0.722 bits per heavy atom. The molecule has 0 aromatic heterocycles. The molecule has 0 bridgehead atoms. The van der Waals surface area contributed by atoms with E-state index in [4.69, 9.17) is 0 Å². The Labute approximate surface area is 348 Å². The van der Waals surface area contributed by atoms with Gasteiger partial charge in [0, 0.05) is 0 Å². The van der Waals surface area contributed by atoms with Gasteiger partial charge in [0.25, 0.3) is 7.82 Å². The predicted octanol–water partition coefficient (Wildman–Crippen LogP) is -18.8. The third-order valence-electron chi connectivity index (χ3n) is 0.400. The van der Waals surface area contributed by atoms with Crippen molar-refractivity contribution in [1.82, 2.24) is 0 Å². The molecule has 0 radical (unpaired) electrons. The summed E-state index contributed by atoms with van der Waals surface area (Å²) in [6.45, 7) is 0. The summed E-state index contributed by atoms with van der Waals surface area (Å²) in [6, 6.07) is 0. The fourth-order valence-electron chi connectivity index (χ4n) is 0.260. The van der Waals surface area contributed by atoms with E-state index >= 15 is 0 Å². The molecule has 18 heavy (non-hydrogen) atoms. The Morgan fingerprint density at radius 1 is 0.556 bits per heavy atom. The van der Waals surface area contributed by atoms with Crippen molar-refractivity contribution in [3.63, 3.8) is 0 Å². The van der Waals surface area contributed by atoms with Crippen LogP contribution in [0.4, 0.5) is 0 Å². The first-order valence-corrected chi connectivity index (χ1v) is 6.57. The number of rotatable bonds is 4. The fraction of sp³-hybridized carbons (Fsp3) is 0. The molecule has 0 rings (SSSR count). The van der Waals surface area contributed by atoms with Crippen LogP contribution in [0.15, 0.2) is 0 Å². The maximum Gasteiger partial charge on any atom is 1.00 e. The predicted molar refractivity (Wildman–Crippen MR) is 25.0 cm³/mol. The Hall–Kier alpha value is 9.44. The zero-order valence-electron chi connectivity index (χ0n) is 10.4. The van der Waals surface area contributed by atoms with E-state index in [0.717, 1.165) is 0 Å². The maximum atomic E-state index is 10.1. The van der Waals surface area contributed by atoms with Crippen LogP contribution >= 0.6 is 23.5 Å². The van der Waals surface area contributed by atoms with E-state index in [-0.39, 0.29) is 291 Å². The van der Waals surface area contributed by atoms with E-state index in [1.807, 2.05) is 0 Å². The van der Waals surface area contributed by atoms with E-state index in [2.05, 4.69) is 8.62 Å². The summed E-state index contributed by atoms with van der Waals surface area (Å²) in [4.78, 5) is 48.6. The van der Waals surface area contributed by atoms with E-state index in [1.165, 1.54) is 0 Å². The standard InChI is InChI=1S/H5O10P3.5Rb/c1-11(2,3)9-13(7,8)10-12(4,5)6;;;;;/h(H,7,8)(H2,1,2,3)(H2,4,5,6);;;;;/q;5*+1/p-5. The van der Waals surface area contributed by atoms with Crippen LogP contribution in [0.2, 0.25) is 0 Å². The van der Waals surface area contributed by atoms with Crippen molar-refractivity contribution in [2.45, 2.75) is 0 Å². The van der Waals surface area contributed by atoms with Gasteiger partial charge in [-0.15, -0.1) is 0 Å². The second-order valence-electron chi connectivity index (χ2n) is 1.50. The van der Waals surface area contributed by atoms with Crippen LogP contribution in [0, 0.1) is 0 Å². The van der Waals surface area contributed by atoms with Crippen LogP contribution in [-0.4, -0.2) is 0 Å². The van der Waals surface area contributed by atoms with Gasteiger partial charge in [0.05, 0.1) is 15.6 Å².